The van der Waals surface area contributed by atoms with Crippen molar-refractivity contribution in [2.75, 3.05) is 19.7 Å². The molecule has 0 aromatic carbocycles. The predicted octanol–water partition coefficient (Wildman–Crippen LogP) is 1.45. The van der Waals surface area contributed by atoms with Crippen LogP contribution in [0.3, 0.4) is 0 Å². The summed E-state index contributed by atoms with van der Waals surface area (Å²) in [6.07, 6.45) is 6.09. The van der Waals surface area contributed by atoms with E-state index in [4.69, 9.17) is 4.74 Å². The molecular formula is C14H26N2O2. The number of carbonyl (C=O) groups excluding carboxylic acids is 1. The molecule has 1 amide bonds. The number of morpholine rings is 1. The maximum absolute atomic E-state index is 12.2. The van der Waals surface area contributed by atoms with Crippen LogP contribution >= 0.6 is 0 Å². The van der Waals surface area contributed by atoms with Gasteiger partial charge in [0.2, 0.25) is 0 Å². The van der Waals surface area contributed by atoms with Gasteiger partial charge in [-0.3, -0.25) is 4.79 Å². The fourth-order valence-corrected chi connectivity index (χ4v) is 3.06. The Morgan fingerprint density at radius 1 is 1.28 bits per heavy atom. The van der Waals surface area contributed by atoms with E-state index in [0.717, 1.165) is 6.54 Å². The van der Waals surface area contributed by atoms with Crippen molar-refractivity contribution in [2.24, 2.45) is 5.92 Å². The van der Waals surface area contributed by atoms with E-state index in [1.54, 1.807) is 0 Å². The fraction of sp³-hybridized carbons (Fsp3) is 0.929. The molecule has 1 heterocycles. The first-order valence-electron chi connectivity index (χ1n) is 7.24. The van der Waals surface area contributed by atoms with Gasteiger partial charge in [0.05, 0.1) is 6.61 Å². The molecule has 2 rings (SSSR count). The molecule has 0 radical (unpaired) electrons. The summed E-state index contributed by atoms with van der Waals surface area (Å²) in [6.45, 7) is 6.40. The van der Waals surface area contributed by atoms with Gasteiger partial charge in [-0.15, -0.1) is 0 Å². The molecule has 1 saturated heterocycles. The number of nitrogens with one attached hydrogen (secondary N) is 2. The third kappa shape index (κ3) is 3.45. The van der Waals surface area contributed by atoms with Crippen molar-refractivity contribution in [2.45, 2.75) is 57.6 Å². The zero-order chi connectivity index (χ0) is 13.0. The minimum atomic E-state index is -0.318. The molecule has 0 aromatic rings. The second kappa shape index (κ2) is 6.02. The maximum Gasteiger partial charge on any atom is 0.250 e. The third-order valence-electron chi connectivity index (χ3n) is 4.29. The maximum atomic E-state index is 12.2. The Labute approximate surface area is 110 Å². The summed E-state index contributed by atoms with van der Waals surface area (Å²) >= 11 is 0. The van der Waals surface area contributed by atoms with E-state index in [2.05, 4.69) is 24.5 Å². The van der Waals surface area contributed by atoms with Gasteiger partial charge in [-0.1, -0.05) is 19.3 Å². The molecule has 1 aliphatic heterocycles. The molecule has 4 heteroatoms. The number of carbonyl (C=O) groups is 1. The summed E-state index contributed by atoms with van der Waals surface area (Å²) in [5.41, 5.74) is -0.113. The highest BCUT2D eigenvalue weighted by molar-refractivity contribution is 5.81. The number of amides is 1. The Morgan fingerprint density at radius 3 is 2.61 bits per heavy atom. The van der Waals surface area contributed by atoms with E-state index in [9.17, 15) is 4.79 Å². The number of hydrogen-bond donors (Lipinski definition) is 2. The normalized spacial score (nSPS) is 26.9. The van der Waals surface area contributed by atoms with Gasteiger partial charge in [0, 0.05) is 18.6 Å². The Hall–Kier alpha value is -0.610. The Balaban J connectivity index is 1.87. The second-order valence-corrected chi connectivity index (χ2v) is 6.11. The summed E-state index contributed by atoms with van der Waals surface area (Å²) in [5.74, 6) is 0.643. The Kier molecular flexibility index (Phi) is 4.62. The van der Waals surface area contributed by atoms with Crippen LogP contribution in [0.5, 0.6) is 0 Å². The van der Waals surface area contributed by atoms with E-state index in [-0.39, 0.29) is 17.6 Å². The predicted molar refractivity (Wildman–Crippen MR) is 71.4 cm³/mol. The van der Waals surface area contributed by atoms with Crippen molar-refractivity contribution in [1.82, 2.24) is 10.6 Å². The highest BCUT2D eigenvalue weighted by Gasteiger charge is 2.34. The van der Waals surface area contributed by atoms with E-state index >= 15 is 0 Å². The molecule has 1 saturated carbocycles. The van der Waals surface area contributed by atoms with Crippen LogP contribution in [-0.4, -0.2) is 37.2 Å². The Bertz CT molecular complexity index is 280. The van der Waals surface area contributed by atoms with Crippen molar-refractivity contribution in [1.29, 1.82) is 0 Å². The van der Waals surface area contributed by atoms with Crippen LogP contribution < -0.4 is 10.6 Å². The average molecular weight is 254 g/mol. The molecule has 18 heavy (non-hydrogen) atoms. The number of rotatable bonds is 3. The van der Waals surface area contributed by atoms with E-state index in [1.165, 1.54) is 32.1 Å². The lowest BCUT2D eigenvalue weighted by molar-refractivity contribution is -0.136. The highest BCUT2D eigenvalue weighted by Crippen LogP contribution is 2.32. The van der Waals surface area contributed by atoms with Crippen LogP contribution in [0, 0.1) is 5.92 Å². The zero-order valence-corrected chi connectivity index (χ0v) is 11.6. The summed E-state index contributed by atoms with van der Waals surface area (Å²) < 4.78 is 5.50. The van der Waals surface area contributed by atoms with Crippen LogP contribution in [0.25, 0.3) is 0 Å². The molecule has 0 unspecified atom stereocenters. The summed E-state index contributed by atoms with van der Waals surface area (Å²) in [5, 5.41) is 6.39. The molecule has 0 spiro atoms. The van der Waals surface area contributed by atoms with Gasteiger partial charge in [-0.2, -0.15) is 0 Å². The van der Waals surface area contributed by atoms with Crippen molar-refractivity contribution in [3.8, 4) is 0 Å². The minimum absolute atomic E-state index is 0.0396. The molecule has 0 bridgehead atoms. The first kappa shape index (κ1) is 13.8. The first-order chi connectivity index (χ1) is 8.59. The molecule has 1 atom stereocenters. The van der Waals surface area contributed by atoms with Crippen molar-refractivity contribution in [3.63, 3.8) is 0 Å². The van der Waals surface area contributed by atoms with Crippen LogP contribution in [-0.2, 0) is 9.53 Å². The van der Waals surface area contributed by atoms with E-state index in [0.29, 0.717) is 19.1 Å². The van der Waals surface area contributed by atoms with E-state index < -0.39 is 0 Å². The fourth-order valence-electron chi connectivity index (χ4n) is 3.06. The number of hydrogen-bond acceptors (Lipinski definition) is 3. The van der Waals surface area contributed by atoms with Crippen molar-refractivity contribution >= 4 is 5.91 Å². The van der Waals surface area contributed by atoms with Gasteiger partial charge in [0.1, 0.15) is 6.10 Å². The minimum Gasteiger partial charge on any atom is -0.366 e. The van der Waals surface area contributed by atoms with Crippen LogP contribution in [0.2, 0.25) is 0 Å². The number of ether oxygens (including phenoxy) is 1. The summed E-state index contributed by atoms with van der Waals surface area (Å²) in [7, 11) is 0. The monoisotopic (exact) mass is 254 g/mol. The van der Waals surface area contributed by atoms with Gasteiger partial charge >= 0.3 is 0 Å². The molecule has 4 nitrogen and oxygen atoms in total. The van der Waals surface area contributed by atoms with Crippen LogP contribution in [0.15, 0.2) is 0 Å². The van der Waals surface area contributed by atoms with E-state index in [1.807, 2.05) is 0 Å². The summed E-state index contributed by atoms with van der Waals surface area (Å²) in [4.78, 5) is 12.2. The third-order valence-corrected chi connectivity index (χ3v) is 4.29. The average Bonchev–Trinajstić information content (AvgIpc) is 2.40. The quantitative estimate of drug-likeness (QED) is 0.801. The first-order valence-corrected chi connectivity index (χ1v) is 7.24. The topological polar surface area (TPSA) is 50.4 Å². The highest BCUT2D eigenvalue weighted by atomic mass is 16.5. The lowest BCUT2D eigenvalue weighted by atomic mass is 9.76. The summed E-state index contributed by atoms with van der Waals surface area (Å²) in [6, 6.07) is 0. The smallest absolute Gasteiger partial charge is 0.250 e. The van der Waals surface area contributed by atoms with Gasteiger partial charge in [0.15, 0.2) is 0 Å². The Morgan fingerprint density at radius 2 is 2.00 bits per heavy atom. The van der Waals surface area contributed by atoms with Gasteiger partial charge < -0.3 is 15.4 Å². The molecule has 2 N–H and O–H groups in total. The second-order valence-electron chi connectivity index (χ2n) is 6.11. The SMILES string of the molecule is CC(C)(NC(=O)[C@@H]1CNCCO1)C1CCCCC1. The molecule has 2 fully saturated rings. The lowest BCUT2D eigenvalue weighted by Gasteiger charge is -2.39. The van der Waals surface area contributed by atoms with Gasteiger partial charge in [-0.25, -0.2) is 0 Å². The van der Waals surface area contributed by atoms with Crippen molar-refractivity contribution < 1.29 is 9.53 Å². The van der Waals surface area contributed by atoms with Crippen LogP contribution in [0.1, 0.15) is 46.0 Å². The zero-order valence-electron chi connectivity index (χ0n) is 11.6. The molecule has 104 valence electrons. The molecule has 2 aliphatic rings. The standard InChI is InChI=1S/C14H26N2O2/c1-14(2,11-6-4-3-5-7-11)16-13(17)12-10-15-8-9-18-12/h11-12,15H,3-10H2,1-2H3,(H,16,17)/t12-/m0/s1. The molecule has 1 aliphatic carbocycles. The molecule has 0 aromatic heterocycles. The van der Waals surface area contributed by atoms with Crippen LogP contribution in [0.4, 0.5) is 0 Å². The largest absolute Gasteiger partial charge is 0.366 e. The van der Waals surface area contributed by atoms with Crippen molar-refractivity contribution in [3.05, 3.63) is 0 Å². The molecular weight excluding hydrogens is 228 g/mol. The van der Waals surface area contributed by atoms with Gasteiger partial charge in [0.25, 0.3) is 5.91 Å². The van der Waals surface area contributed by atoms with Gasteiger partial charge in [-0.05, 0) is 32.6 Å². The lowest BCUT2D eigenvalue weighted by Crippen LogP contribution is -2.56.